The maximum atomic E-state index is 12.1. The molecule has 108 valence electrons. The summed E-state index contributed by atoms with van der Waals surface area (Å²) in [4.78, 5) is 0. The fourth-order valence-electron chi connectivity index (χ4n) is 2.02. The van der Waals surface area contributed by atoms with Gasteiger partial charge in [0.25, 0.3) is 0 Å². The van der Waals surface area contributed by atoms with E-state index in [-0.39, 0.29) is 11.7 Å². The summed E-state index contributed by atoms with van der Waals surface area (Å²) in [5.41, 5.74) is 1.91. The van der Waals surface area contributed by atoms with Crippen LogP contribution in [0.4, 0.5) is 5.82 Å². The van der Waals surface area contributed by atoms with Gasteiger partial charge in [0.05, 0.1) is 5.75 Å². The molecule has 0 saturated carbocycles. The molecule has 0 aliphatic carbocycles. The quantitative estimate of drug-likeness (QED) is 0.919. The summed E-state index contributed by atoms with van der Waals surface area (Å²) >= 11 is 0. The number of aryl methyl sites for hydroxylation is 2. The fraction of sp³-hybridized carbons (Fsp3) is 0.357. The topological polar surface area (TPSA) is 64.0 Å². The summed E-state index contributed by atoms with van der Waals surface area (Å²) < 4.78 is 28.4. The van der Waals surface area contributed by atoms with Gasteiger partial charge in [-0.1, -0.05) is 37.3 Å². The van der Waals surface area contributed by atoms with Crippen LogP contribution in [0.3, 0.4) is 0 Å². The van der Waals surface area contributed by atoms with E-state index >= 15 is 0 Å². The van der Waals surface area contributed by atoms with Gasteiger partial charge in [-0.3, -0.25) is 9.40 Å². The standard InChI is InChI=1S/C14H19N3O2S/c1-11(13-7-5-4-6-8-13)10-20(18,19)16-14-9-12(2)17(3)15-14/h4-9,11H,10H2,1-3H3,(H,15,16). The average molecular weight is 293 g/mol. The van der Waals surface area contributed by atoms with Crippen molar-refractivity contribution in [3.05, 3.63) is 47.7 Å². The summed E-state index contributed by atoms with van der Waals surface area (Å²) in [6.07, 6.45) is 0. The van der Waals surface area contributed by atoms with Crippen molar-refractivity contribution in [3.63, 3.8) is 0 Å². The van der Waals surface area contributed by atoms with E-state index in [9.17, 15) is 8.42 Å². The van der Waals surface area contributed by atoms with Gasteiger partial charge in [0.15, 0.2) is 5.82 Å². The van der Waals surface area contributed by atoms with Crippen LogP contribution in [0.1, 0.15) is 24.1 Å². The van der Waals surface area contributed by atoms with Crippen LogP contribution >= 0.6 is 0 Å². The van der Waals surface area contributed by atoms with Gasteiger partial charge in [0.2, 0.25) is 10.0 Å². The zero-order valence-electron chi connectivity index (χ0n) is 11.9. The number of hydrogen-bond donors (Lipinski definition) is 1. The van der Waals surface area contributed by atoms with Crippen molar-refractivity contribution in [1.29, 1.82) is 0 Å². The van der Waals surface area contributed by atoms with E-state index in [0.717, 1.165) is 11.3 Å². The highest BCUT2D eigenvalue weighted by molar-refractivity contribution is 7.92. The van der Waals surface area contributed by atoms with Crippen LogP contribution in [0.2, 0.25) is 0 Å². The van der Waals surface area contributed by atoms with Crippen molar-refractivity contribution in [2.45, 2.75) is 19.8 Å². The van der Waals surface area contributed by atoms with Crippen LogP contribution in [0.15, 0.2) is 36.4 Å². The summed E-state index contributed by atoms with van der Waals surface area (Å²) in [5.74, 6) is 0.330. The molecule has 0 radical (unpaired) electrons. The summed E-state index contributed by atoms with van der Waals surface area (Å²) in [7, 11) is -1.63. The molecule has 1 heterocycles. The van der Waals surface area contributed by atoms with Gasteiger partial charge in [-0.25, -0.2) is 8.42 Å². The molecule has 0 bridgehead atoms. The third kappa shape index (κ3) is 3.60. The maximum Gasteiger partial charge on any atom is 0.234 e. The summed E-state index contributed by atoms with van der Waals surface area (Å²) in [6.45, 7) is 3.77. The number of anilines is 1. The van der Waals surface area contributed by atoms with Gasteiger partial charge < -0.3 is 0 Å². The van der Waals surface area contributed by atoms with Crippen LogP contribution in [0.5, 0.6) is 0 Å². The largest absolute Gasteiger partial charge is 0.271 e. The van der Waals surface area contributed by atoms with Crippen molar-refractivity contribution in [1.82, 2.24) is 9.78 Å². The van der Waals surface area contributed by atoms with Crippen molar-refractivity contribution in [2.24, 2.45) is 7.05 Å². The Morgan fingerprint density at radius 1 is 1.30 bits per heavy atom. The van der Waals surface area contributed by atoms with E-state index in [1.165, 1.54) is 0 Å². The minimum absolute atomic E-state index is 0.0344. The maximum absolute atomic E-state index is 12.1. The third-order valence-corrected chi connectivity index (χ3v) is 4.67. The van der Waals surface area contributed by atoms with Gasteiger partial charge in [-0.15, -0.1) is 0 Å². The van der Waals surface area contributed by atoms with Gasteiger partial charge in [-0.2, -0.15) is 5.10 Å². The average Bonchev–Trinajstić information content (AvgIpc) is 2.67. The number of sulfonamides is 1. The van der Waals surface area contributed by atoms with Crippen LogP contribution in [-0.2, 0) is 17.1 Å². The highest BCUT2D eigenvalue weighted by Crippen LogP contribution is 2.18. The molecular formula is C14H19N3O2S. The monoisotopic (exact) mass is 293 g/mol. The number of nitrogens with zero attached hydrogens (tertiary/aromatic N) is 2. The van der Waals surface area contributed by atoms with Crippen molar-refractivity contribution in [3.8, 4) is 0 Å². The van der Waals surface area contributed by atoms with Gasteiger partial charge >= 0.3 is 0 Å². The van der Waals surface area contributed by atoms with Crippen LogP contribution < -0.4 is 4.72 Å². The number of hydrogen-bond acceptors (Lipinski definition) is 3. The molecule has 0 spiro atoms. The first-order chi connectivity index (χ1) is 9.37. The number of aromatic nitrogens is 2. The first kappa shape index (κ1) is 14.6. The van der Waals surface area contributed by atoms with E-state index in [1.54, 1.807) is 17.8 Å². The second-order valence-corrected chi connectivity index (χ2v) is 6.76. The molecule has 6 heteroatoms. The Morgan fingerprint density at radius 2 is 1.95 bits per heavy atom. The van der Waals surface area contributed by atoms with E-state index < -0.39 is 10.0 Å². The van der Waals surface area contributed by atoms with E-state index in [2.05, 4.69) is 9.82 Å². The number of rotatable bonds is 5. The first-order valence-corrected chi connectivity index (χ1v) is 8.09. The SMILES string of the molecule is Cc1cc(NS(=O)(=O)CC(C)c2ccccc2)nn1C. The smallest absolute Gasteiger partial charge is 0.234 e. The minimum atomic E-state index is -3.41. The minimum Gasteiger partial charge on any atom is -0.271 e. The number of benzene rings is 1. The Hall–Kier alpha value is -1.82. The Labute approximate surface area is 119 Å². The van der Waals surface area contributed by atoms with Gasteiger partial charge in [0, 0.05) is 18.8 Å². The second-order valence-electron chi connectivity index (χ2n) is 4.99. The van der Waals surface area contributed by atoms with Gasteiger partial charge in [0.1, 0.15) is 0 Å². The Bertz CT molecular complexity index is 658. The highest BCUT2D eigenvalue weighted by Gasteiger charge is 2.18. The van der Waals surface area contributed by atoms with Crippen molar-refractivity contribution >= 4 is 15.8 Å². The normalized spacial score (nSPS) is 13.2. The summed E-state index contributed by atoms with van der Waals surface area (Å²) in [5, 5.41) is 4.10. The Kier molecular flexibility index (Phi) is 4.13. The molecule has 1 atom stereocenters. The predicted octanol–water partition coefficient (Wildman–Crippen LogP) is 2.27. The van der Waals surface area contributed by atoms with Crippen LogP contribution in [0, 0.1) is 6.92 Å². The molecule has 0 saturated heterocycles. The molecular weight excluding hydrogens is 274 g/mol. The molecule has 2 aromatic rings. The van der Waals surface area contributed by atoms with Gasteiger partial charge in [-0.05, 0) is 18.4 Å². The molecule has 20 heavy (non-hydrogen) atoms. The van der Waals surface area contributed by atoms with E-state index in [0.29, 0.717) is 5.82 Å². The Balaban J connectivity index is 2.08. The van der Waals surface area contributed by atoms with Crippen molar-refractivity contribution in [2.75, 3.05) is 10.5 Å². The number of nitrogens with one attached hydrogen (secondary N) is 1. The lowest BCUT2D eigenvalue weighted by atomic mass is 10.0. The lowest BCUT2D eigenvalue weighted by Crippen LogP contribution is -2.20. The molecule has 1 aromatic carbocycles. The third-order valence-electron chi connectivity index (χ3n) is 3.21. The molecule has 2 rings (SSSR count). The molecule has 0 amide bonds. The highest BCUT2D eigenvalue weighted by atomic mass is 32.2. The zero-order valence-corrected chi connectivity index (χ0v) is 12.7. The van der Waals surface area contributed by atoms with E-state index in [1.807, 2.05) is 44.2 Å². The van der Waals surface area contributed by atoms with Crippen molar-refractivity contribution < 1.29 is 8.42 Å². The fourth-order valence-corrected chi connectivity index (χ4v) is 3.37. The molecule has 1 aromatic heterocycles. The molecule has 5 nitrogen and oxygen atoms in total. The molecule has 1 N–H and O–H groups in total. The summed E-state index contributed by atoms with van der Waals surface area (Å²) in [6, 6.07) is 11.3. The zero-order chi connectivity index (χ0) is 14.8. The van der Waals surface area contributed by atoms with Crippen LogP contribution in [-0.4, -0.2) is 24.0 Å². The lowest BCUT2D eigenvalue weighted by Gasteiger charge is -2.12. The second kappa shape index (κ2) is 5.66. The van der Waals surface area contributed by atoms with E-state index in [4.69, 9.17) is 0 Å². The Morgan fingerprint density at radius 3 is 2.50 bits per heavy atom. The molecule has 0 fully saturated rings. The van der Waals surface area contributed by atoms with Crippen LogP contribution in [0.25, 0.3) is 0 Å². The molecule has 0 aliphatic rings. The predicted molar refractivity (Wildman–Crippen MR) is 80.2 cm³/mol. The molecule has 0 aliphatic heterocycles. The first-order valence-electron chi connectivity index (χ1n) is 6.43. The lowest BCUT2D eigenvalue weighted by molar-refractivity contribution is 0.595. The molecule has 1 unspecified atom stereocenters.